The second kappa shape index (κ2) is 7.23. The normalized spacial score (nSPS) is 11.9. The van der Waals surface area contributed by atoms with E-state index in [1.165, 1.54) is 0 Å². The van der Waals surface area contributed by atoms with Gasteiger partial charge in [0.05, 0.1) is 12.7 Å². The van der Waals surface area contributed by atoms with Gasteiger partial charge >= 0.3 is 6.18 Å². The first-order chi connectivity index (χ1) is 12.8. The molecule has 0 unspecified atom stereocenters. The molecular formula is C21H14F4O2. The molecule has 6 heteroatoms. The highest BCUT2D eigenvalue weighted by Gasteiger charge is 2.30. The third-order valence-corrected chi connectivity index (χ3v) is 4.07. The Bertz CT molecular complexity index is 1040. The van der Waals surface area contributed by atoms with E-state index < -0.39 is 23.3 Å². The molecule has 0 aliphatic heterocycles. The highest BCUT2D eigenvalue weighted by Crippen LogP contribution is 2.30. The lowest BCUT2D eigenvalue weighted by Crippen LogP contribution is -2.05. The van der Waals surface area contributed by atoms with Gasteiger partial charge in [-0.2, -0.15) is 13.2 Å². The van der Waals surface area contributed by atoms with Crippen molar-refractivity contribution in [2.45, 2.75) is 6.18 Å². The molecule has 0 spiro atoms. The Morgan fingerprint density at radius 3 is 2.37 bits per heavy atom. The summed E-state index contributed by atoms with van der Waals surface area (Å²) in [5, 5.41) is 1.68. The Morgan fingerprint density at radius 1 is 0.963 bits per heavy atom. The second-order valence-electron chi connectivity index (χ2n) is 5.86. The van der Waals surface area contributed by atoms with Crippen LogP contribution in [0.3, 0.4) is 0 Å². The Kier molecular flexibility index (Phi) is 4.99. The van der Waals surface area contributed by atoms with Gasteiger partial charge in [0, 0.05) is 11.1 Å². The average Bonchev–Trinajstić information content (AvgIpc) is 2.65. The largest absolute Gasteiger partial charge is 0.497 e. The predicted octanol–water partition coefficient (Wildman–Crippen LogP) is 5.90. The molecule has 0 radical (unpaired) electrons. The Morgan fingerprint density at radius 2 is 1.67 bits per heavy atom. The van der Waals surface area contributed by atoms with Crippen LogP contribution in [-0.4, -0.2) is 12.9 Å². The molecule has 0 aliphatic carbocycles. The third-order valence-electron chi connectivity index (χ3n) is 4.07. The summed E-state index contributed by atoms with van der Waals surface area (Å²) in [5.41, 5.74) is -0.935. The number of rotatable bonds is 4. The van der Waals surface area contributed by atoms with Gasteiger partial charge in [0.15, 0.2) is 5.78 Å². The molecule has 0 aromatic heterocycles. The number of carbonyl (C=O) groups excluding carboxylic acids is 1. The van der Waals surface area contributed by atoms with Crippen molar-refractivity contribution in [1.82, 2.24) is 0 Å². The summed E-state index contributed by atoms with van der Waals surface area (Å²) in [4.78, 5) is 12.3. The summed E-state index contributed by atoms with van der Waals surface area (Å²) in [5.74, 6) is -0.594. The van der Waals surface area contributed by atoms with Crippen molar-refractivity contribution < 1.29 is 27.1 Å². The van der Waals surface area contributed by atoms with Crippen molar-refractivity contribution in [3.63, 3.8) is 0 Å². The van der Waals surface area contributed by atoms with Crippen molar-refractivity contribution in [2.24, 2.45) is 0 Å². The van der Waals surface area contributed by atoms with Gasteiger partial charge in [-0.15, -0.1) is 0 Å². The fourth-order valence-electron chi connectivity index (χ4n) is 2.61. The highest BCUT2D eigenvalue weighted by molar-refractivity contribution is 6.08. The Labute approximate surface area is 152 Å². The minimum atomic E-state index is -4.58. The van der Waals surface area contributed by atoms with Crippen molar-refractivity contribution in [2.75, 3.05) is 7.11 Å². The fraction of sp³-hybridized carbons (Fsp3) is 0.0952. The molecule has 0 saturated carbocycles. The molecule has 0 bridgehead atoms. The molecule has 3 aromatic rings. The highest BCUT2D eigenvalue weighted by atomic mass is 19.4. The molecule has 0 aliphatic rings. The first kappa shape index (κ1) is 18.6. The summed E-state index contributed by atoms with van der Waals surface area (Å²) < 4.78 is 57.1. The zero-order chi connectivity index (χ0) is 19.6. The second-order valence-corrected chi connectivity index (χ2v) is 5.86. The molecule has 3 rings (SSSR count). The van der Waals surface area contributed by atoms with Gasteiger partial charge in [-0.1, -0.05) is 18.2 Å². The van der Waals surface area contributed by atoms with Crippen LogP contribution in [0, 0.1) is 5.82 Å². The van der Waals surface area contributed by atoms with Crippen LogP contribution in [-0.2, 0) is 6.18 Å². The topological polar surface area (TPSA) is 26.3 Å². The molecule has 2 nitrogen and oxygen atoms in total. The molecule has 138 valence electrons. The van der Waals surface area contributed by atoms with E-state index >= 15 is 0 Å². The lowest BCUT2D eigenvalue weighted by atomic mass is 10.0. The first-order valence-electron chi connectivity index (χ1n) is 7.95. The Balaban J connectivity index is 1.88. The number of fused-ring (bicyclic) bond motifs is 1. The maximum Gasteiger partial charge on any atom is 0.416 e. The van der Waals surface area contributed by atoms with Crippen molar-refractivity contribution in [3.8, 4) is 5.75 Å². The monoisotopic (exact) mass is 374 g/mol. The van der Waals surface area contributed by atoms with Gasteiger partial charge in [0.2, 0.25) is 0 Å². The standard InChI is InChI=1S/C21H14F4O2/c1-27-18-7-4-13-10-16(3-2-14(13)12-18)20(26)9-5-15-11-17(21(23,24)25)6-8-19(15)22/h2-12H,1H3/b9-5+. The maximum absolute atomic E-state index is 13.7. The zero-order valence-electron chi connectivity index (χ0n) is 14.2. The number of ether oxygens (including phenoxy) is 1. The van der Waals surface area contributed by atoms with Crippen LogP contribution in [0.25, 0.3) is 16.8 Å². The predicted molar refractivity (Wildman–Crippen MR) is 95.3 cm³/mol. The smallest absolute Gasteiger partial charge is 0.416 e. The van der Waals surface area contributed by atoms with Gasteiger partial charge in [0.25, 0.3) is 0 Å². The van der Waals surface area contributed by atoms with Crippen LogP contribution < -0.4 is 4.74 Å². The molecule has 3 aromatic carbocycles. The number of allylic oxidation sites excluding steroid dienone is 1. The van der Waals surface area contributed by atoms with E-state index in [4.69, 9.17) is 4.74 Å². The molecular weight excluding hydrogens is 360 g/mol. The molecule has 0 saturated heterocycles. The fourth-order valence-corrected chi connectivity index (χ4v) is 2.61. The van der Waals surface area contributed by atoms with Crippen molar-refractivity contribution >= 4 is 22.6 Å². The van der Waals surface area contributed by atoms with Gasteiger partial charge in [-0.05, 0) is 59.3 Å². The summed E-state index contributed by atoms with van der Waals surface area (Å²) in [6.07, 6.45) is -2.48. The van der Waals surface area contributed by atoms with E-state index in [1.807, 2.05) is 6.07 Å². The number of carbonyl (C=O) groups is 1. The summed E-state index contributed by atoms with van der Waals surface area (Å²) in [6.45, 7) is 0. The number of hydrogen-bond donors (Lipinski definition) is 0. The number of halogens is 4. The summed E-state index contributed by atoms with van der Waals surface area (Å²) in [6, 6.07) is 12.4. The Hall–Kier alpha value is -3.15. The first-order valence-corrected chi connectivity index (χ1v) is 7.95. The zero-order valence-corrected chi connectivity index (χ0v) is 14.2. The quantitative estimate of drug-likeness (QED) is 0.323. The lowest BCUT2D eigenvalue weighted by Gasteiger charge is -2.07. The van der Waals surface area contributed by atoms with Crippen LogP contribution in [0.4, 0.5) is 17.6 Å². The number of benzene rings is 3. The van der Waals surface area contributed by atoms with Gasteiger partial charge < -0.3 is 4.74 Å². The number of methoxy groups -OCH3 is 1. The van der Waals surface area contributed by atoms with Crippen LogP contribution in [0.5, 0.6) is 5.75 Å². The molecule has 0 fully saturated rings. The van der Waals surface area contributed by atoms with E-state index in [1.54, 1.807) is 37.4 Å². The summed E-state index contributed by atoms with van der Waals surface area (Å²) in [7, 11) is 1.55. The van der Waals surface area contributed by atoms with Crippen molar-refractivity contribution in [1.29, 1.82) is 0 Å². The van der Waals surface area contributed by atoms with Gasteiger partial charge in [-0.3, -0.25) is 4.79 Å². The van der Waals surface area contributed by atoms with Gasteiger partial charge in [0.1, 0.15) is 11.6 Å². The van der Waals surface area contributed by atoms with Gasteiger partial charge in [-0.25, -0.2) is 4.39 Å². The average molecular weight is 374 g/mol. The van der Waals surface area contributed by atoms with Crippen LogP contribution >= 0.6 is 0 Å². The lowest BCUT2D eigenvalue weighted by molar-refractivity contribution is -0.137. The number of hydrogen-bond acceptors (Lipinski definition) is 2. The summed E-state index contributed by atoms with van der Waals surface area (Å²) >= 11 is 0. The minimum Gasteiger partial charge on any atom is -0.497 e. The van der Waals surface area contributed by atoms with E-state index in [2.05, 4.69) is 0 Å². The van der Waals surface area contributed by atoms with E-state index in [9.17, 15) is 22.4 Å². The van der Waals surface area contributed by atoms with E-state index in [0.29, 0.717) is 23.4 Å². The maximum atomic E-state index is 13.7. The number of ketones is 1. The number of alkyl halides is 3. The van der Waals surface area contributed by atoms with Crippen molar-refractivity contribution in [3.05, 3.63) is 83.2 Å². The molecule has 27 heavy (non-hydrogen) atoms. The van der Waals surface area contributed by atoms with Crippen LogP contribution in [0.1, 0.15) is 21.5 Å². The van der Waals surface area contributed by atoms with Crippen LogP contribution in [0.15, 0.2) is 60.7 Å². The van der Waals surface area contributed by atoms with Crippen LogP contribution in [0.2, 0.25) is 0 Å². The molecule has 0 N–H and O–H groups in total. The minimum absolute atomic E-state index is 0.302. The molecule has 0 heterocycles. The SMILES string of the molecule is COc1ccc2cc(C(=O)/C=C/c3cc(C(F)(F)F)ccc3F)ccc2c1. The van der Waals surface area contributed by atoms with E-state index in [0.717, 1.165) is 29.0 Å². The molecule has 0 amide bonds. The molecule has 0 atom stereocenters. The van der Waals surface area contributed by atoms with E-state index in [-0.39, 0.29) is 5.56 Å². The third kappa shape index (κ3) is 4.16.